The Morgan fingerprint density at radius 3 is 2.40 bits per heavy atom. The number of aromatic nitrogens is 3. The Balaban J connectivity index is 2.96. The molecule has 10 heavy (non-hydrogen) atoms. The van der Waals surface area contributed by atoms with E-state index < -0.39 is 11.7 Å². The topological polar surface area (TPSA) is 67.6 Å². The predicted octanol–water partition coefficient (Wildman–Crippen LogP) is 0.499. The van der Waals surface area contributed by atoms with Crippen LogP contribution in [0.5, 0.6) is 0 Å². The summed E-state index contributed by atoms with van der Waals surface area (Å²) in [5.74, 6) is -3.67. The number of nitrogens with one attached hydrogen (secondary N) is 1. The van der Waals surface area contributed by atoms with E-state index in [1.165, 1.54) is 0 Å². The van der Waals surface area contributed by atoms with Crippen molar-refractivity contribution in [3.63, 3.8) is 0 Å². The number of nitrogen functional groups attached to an aromatic ring is 1. The zero-order chi connectivity index (χ0) is 7.78. The maximum absolute atomic E-state index is 12.3. The first kappa shape index (κ1) is 6.91. The van der Waals surface area contributed by atoms with Crippen molar-refractivity contribution in [2.24, 2.45) is 0 Å². The molecule has 1 rings (SSSR count). The maximum atomic E-state index is 12.3. The van der Waals surface area contributed by atoms with Crippen LogP contribution in [0.4, 0.5) is 14.7 Å². The highest BCUT2D eigenvalue weighted by Gasteiger charge is 2.28. The molecule has 1 aromatic heterocycles. The van der Waals surface area contributed by atoms with Gasteiger partial charge in [-0.2, -0.15) is 13.8 Å². The van der Waals surface area contributed by atoms with Crippen LogP contribution in [0.1, 0.15) is 12.7 Å². The number of nitrogens with two attached hydrogens (primary N) is 1. The molecule has 0 unspecified atom stereocenters. The monoisotopic (exact) mass is 148 g/mol. The van der Waals surface area contributed by atoms with E-state index in [1.54, 1.807) is 0 Å². The lowest BCUT2D eigenvalue weighted by Crippen LogP contribution is -2.09. The summed E-state index contributed by atoms with van der Waals surface area (Å²) in [4.78, 5) is 3.24. The number of alkyl halides is 2. The van der Waals surface area contributed by atoms with Crippen molar-refractivity contribution in [2.75, 3.05) is 5.73 Å². The summed E-state index contributed by atoms with van der Waals surface area (Å²) < 4.78 is 24.6. The molecular weight excluding hydrogens is 142 g/mol. The summed E-state index contributed by atoms with van der Waals surface area (Å²) in [6.07, 6.45) is 0. The van der Waals surface area contributed by atoms with E-state index in [0.717, 1.165) is 0 Å². The Morgan fingerprint density at radius 2 is 2.20 bits per heavy atom. The Morgan fingerprint density at radius 1 is 1.60 bits per heavy atom. The highest BCUT2D eigenvalue weighted by Crippen LogP contribution is 2.22. The fraction of sp³-hybridized carbons (Fsp3) is 0.500. The largest absolute Gasteiger partial charge is 0.367 e. The van der Waals surface area contributed by atoms with E-state index in [-0.39, 0.29) is 5.95 Å². The van der Waals surface area contributed by atoms with Gasteiger partial charge < -0.3 is 5.73 Å². The van der Waals surface area contributed by atoms with Crippen LogP contribution in [-0.2, 0) is 5.92 Å². The van der Waals surface area contributed by atoms with Crippen molar-refractivity contribution in [2.45, 2.75) is 12.8 Å². The van der Waals surface area contributed by atoms with Gasteiger partial charge in [-0.1, -0.05) is 0 Å². The quantitative estimate of drug-likeness (QED) is 0.609. The van der Waals surface area contributed by atoms with Crippen LogP contribution in [-0.4, -0.2) is 15.2 Å². The molecule has 0 aromatic carbocycles. The second-order valence-electron chi connectivity index (χ2n) is 1.93. The van der Waals surface area contributed by atoms with Crippen molar-refractivity contribution in [3.8, 4) is 0 Å². The minimum Gasteiger partial charge on any atom is -0.367 e. The fourth-order valence-electron chi connectivity index (χ4n) is 0.471. The first-order chi connectivity index (χ1) is 4.50. The Bertz CT molecular complexity index is 225. The van der Waals surface area contributed by atoms with Crippen molar-refractivity contribution >= 4 is 5.95 Å². The average Bonchev–Trinajstić information content (AvgIpc) is 2.11. The molecule has 0 aliphatic rings. The lowest BCUT2D eigenvalue weighted by molar-refractivity contribution is 0.00814. The van der Waals surface area contributed by atoms with Crippen molar-refractivity contribution < 1.29 is 8.78 Å². The molecule has 6 heteroatoms. The van der Waals surface area contributed by atoms with Gasteiger partial charge in [-0.15, -0.1) is 5.10 Å². The van der Waals surface area contributed by atoms with Gasteiger partial charge in [-0.3, -0.25) is 5.10 Å². The van der Waals surface area contributed by atoms with Gasteiger partial charge in [0.2, 0.25) is 5.95 Å². The summed E-state index contributed by atoms with van der Waals surface area (Å²) in [7, 11) is 0. The van der Waals surface area contributed by atoms with E-state index in [1.807, 2.05) is 5.10 Å². The molecule has 0 aliphatic carbocycles. The van der Waals surface area contributed by atoms with E-state index in [2.05, 4.69) is 10.1 Å². The van der Waals surface area contributed by atoms with Gasteiger partial charge in [0, 0.05) is 6.92 Å². The number of hydrogen-bond acceptors (Lipinski definition) is 3. The van der Waals surface area contributed by atoms with Crippen LogP contribution in [0.2, 0.25) is 0 Å². The van der Waals surface area contributed by atoms with Crippen LogP contribution < -0.4 is 5.73 Å². The van der Waals surface area contributed by atoms with Gasteiger partial charge in [0.05, 0.1) is 0 Å². The summed E-state index contributed by atoms with van der Waals surface area (Å²) in [5, 5.41) is 5.25. The Hall–Kier alpha value is -1.20. The number of anilines is 1. The molecule has 0 saturated carbocycles. The van der Waals surface area contributed by atoms with E-state index in [9.17, 15) is 8.78 Å². The maximum Gasteiger partial charge on any atom is 0.303 e. The molecule has 1 aromatic rings. The summed E-state index contributed by atoms with van der Waals surface area (Å²) >= 11 is 0. The predicted molar refractivity (Wildman–Crippen MR) is 30.4 cm³/mol. The third-order valence-electron chi connectivity index (χ3n) is 0.919. The summed E-state index contributed by atoms with van der Waals surface area (Å²) in [6.45, 7) is 0.715. The second kappa shape index (κ2) is 1.89. The zero-order valence-corrected chi connectivity index (χ0v) is 5.23. The minimum atomic E-state index is -3.00. The van der Waals surface area contributed by atoms with Gasteiger partial charge in [-0.05, 0) is 0 Å². The third kappa shape index (κ3) is 1.20. The molecule has 4 nitrogen and oxygen atoms in total. The van der Waals surface area contributed by atoms with Crippen molar-refractivity contribution in [1.29, 1.82) is 0 Å². The third-order valence-corrected chi connectivity index (χ3v) is 0.919. The van der Waals surface area contributed by atoms with Crippen LogP contribution in [0.25, 0.3) is 0 Å². The van der Waals surface area contributed by atoms with Crippen LogP contribution in [0.3, 0.4) is 0 Å². The van der Waals surface area contributed by atoms with E-state index >= 15 is 0 Å². The standard InChI is InChI=1S/C4H6F2N4/c1-4(5,6)2-8-3(7)10-9-2/h1H3,(H3,7,8,9,10). The zero-order valence-electron chi connectivity index (χ0n) is 5.23. The number of H-pyrrole nitrogens is 1. The molecule has 0 amide bonds. The second-order valence-corrected chi connectivity index (χ2v) is 1.93. The minimum absolute atomic E-state index is 0.170. The molecule has 0 fully saturated rings. The molecule has 0 atom stereocenters. The van der Waals surface area contributed by atoms with E-state index in [4.69, 9.17) is 5.73 Å². The number of aromatic amines is 1. The number of nitrogens with zero attached hydrogens (tertiary/aromatic N) is 2. The number of halogens is 2. The fourth-order valence-corrected chi connectivity index (χ4v) is 0.471. The van der Waals surface area contributed by atoms with Gasteiger partial charge in [0.1, 0.15) is 0 Å². The molecule has 0 spiro atoms. The van der Waals surface area contributed by atoms with Crippen molar-refractivity contribution in [1.82, 2.24) is 15.2 Å². The molecule has 0 aliphatic heterocycles. The first-order valence-corrected chi connectivity index (χ1v) is 2.56. The molecule has 0 bridgehead atoms. The molecule has 3 N–H and O–H groups in total. The van der Waals surface area contributed by atoms with Gasteiger partial charge in [-0.25, -0.2) is 0 Å². The summed E-state index contributed by atoms with van der Waals surface area (Å²) in [5.41, 5.74) is 4.99. The van der Waals surface area contributed by atoms with Gasteiger partial charge in [0.15, 0.2) is 5.82 Å². The lowest BCUT2D eigenvalue weighted by atomic mass is 10.4. The average molecular weight is 148 g/mol. The molecule has 56 valence electrons. The SMILES string of the molecule is CC(F)(F)c1nc(N)n[nH]1. The molecule has 0 saturated heterocycles. The number of hydrogen-bond donors (Lipinski definition) is 2. The number of rotatable bonds is 1. The van der Waals surface area contributed by atoms with Gasteiger partial charge >= 0.3 is 5.92 Å². The normalized spacial score (nSPS) is 11.9. The Kier molecular flexibility index (Phi) is 1.31. The van der Waals surface area contributed by atoms with Crippen LogP contribution >= 0.6 is 0 Å². The van der Waals surface area contributed by atoms with E-state index in [0.29, 0.717) is 6.92 Å². The molecule has 1 heterocycles. The lowest BCUT2D eigenvalue weighted by Gasteiger charge is -2.02. The first-order valence-electron chi connectivity index (χ1n) is 2.56. The van der Waals surface area contributed by atoms with Crippen molar-refractivity contribution in [3.05, 3.63) is 5.82 Å². The smallest absolute Gasteiger partial charge is 0.303 e. The highest BCUT2D eigenvalue weighted by molar-refractivity contribution is 5.14. The Labute approximate surface area is 55.4 Å². The molecular formula is C4H6F2N4. The molecule has 0 radical (unpaired) electrons. The van der Waals surface area contributed by atoms with Crippen LogP contribution in [0, 0.1) is 0 Å². The summed E-state index contributed by atoms with van der Waals surface area (Å²) in [6, 6.07) is 0. The van der Waals surface area contributed by atoms with Crippen LogP contribution in [0.15, 0.2) is 0 Å². The van der Waals surface area contributed by atoms with Gasteiger partial charge in [0.25, 0.3) is 0 Å². The highest BCUT2D eigenvalue weighted by atomic mass is 19.3.